The van der Waals surface area contributed by atoms with Crippen LogP contribution in [0, 0.1) is 0 Å². The number of aromatic nitrogens is 1. The normalized spacial score (nSPS) is 10.4. The van der Waals surface area contributed by atoms with E-state index in [1.807, 2.05) is 0 Å². The number of benzene rings is 2. The van der Waals surface area contributed by atoms with Crippen molar-refractivity contribution in [3.8, 4) is 23.0 Å². The molecule has 9 nitrogen and oxygen atoms in total. The van der Waals surface area contributed by atoms with E-state index in [1.165, 1.54) is 21.0 Å². The van der Waals surface area contributed by atoms with Crippen molar-refractivity contribution in [2.24, 2.45) is 0 Å². The molecule has 2 aromatic carbocycles. The van der Waals surface area contributed by atoms with Gasteiger partial charge in [-0.25, -0.2) is 9.78 Å². The molecule has 1 aromatic heterocycles. The lowest BCUT2D eigenvalue weighted by Gasteiger charge is -2.15. The molecule has 0 bridgehead atoms. The number of carbonyl (C=O) groups is 3. The maximum absolute atomic E-state index is 12.4. The molecule has 3 aromatic rings. The SMILES string of the molecule is COC(=O)c1nc(COC(C)=O)c2ccc(Oc3ccc(OC)cc3)cc2c1OC(C)=O. The largest absolute Gasteiger partial charge is 0.497 e. The van der Waals surface area contributed by atoms with Crippen molar-refractivity contribution in [3.63, 3.8) is 0 Å². The van der Waals surface area contributed by atoms with Crippen molar-refractivity contribution in [1.82, 2.24) is 4.98 Å². The number of esters is 3. The number of nitrogens with zero attached hydrogens (tertiary/aromatic N) is 1. The highest BCUT2D eigenvalue weighted by atomic mass is 16.5. The van der Waals surface area contributed by atoms with Gasteiger partial charge in [0.05, 0.1) is 19.9 Å². The number of ether oxygens (including phenoxy) is 5. The van der Waals surface area contributed by atoms with E-state index in [0.29, 0.717) is 33.7 Å². The number of methoxy groups -OCH3 is 2. The van der Waals surface area contributed by atoms with Gasteiger partial charge in [0.15, 0.2) is 11.4 Å². The number of hydrogen-bond acceptors (Lipinski definition) is 9. The number of carbonyl (C=O) groups excluding carboxylic acids is 3. The molecular weight excluding hydrogens is 418 g/mol. The summed E-state index contributed by atoms with van der Waals surface area (Å²) in [4.78, 5) is 39.7. The Morgan fingerprint density at radius 3 is 2.09 bits per heavy atom. The third-order valence-electron chi connectivity index (χ3n) is 4.34. The maximum atomic E-state index is 12.4. The van der Waals surface area contributed by atoms with Gasteiger partial charge in [-0.15, -0.1) is 0 Å². The van der Waals surface area contributed by atoms with Crippen LogP contribution in [0.2, 0.25) is 0 Å². The summed E-state index contributed by atoms with van der Waals surface area (Å²) in [5.41, 5.74) is 0.0708. The molecule has 0 amide bonds. The van der Waals surface area contributed by atoms with Crippen molar-refractivity contribution < 1.29 is 38.1 Å². The average Bonchev–Trinajstić information content (AvgIpc) is 2.78. The standard InChI is InChI=1S/C23H21NO8/c1-13(25)30-12-20-18-10-9-17(32-16-7-5-15(28-3)6-8-16)11-19(18)22(31-14(2)26)21(24-20)23(27)29-4/h5-11H,12H2,1-4H3. The third kappa shape index (κ3) is 5.12. The summed E-state index contributed by atoms with van der Waals surface area (Å²) in [5.74, 6) is -0.412. The number of hydrogen-bond donors (Lipinski definition) is 0. The van der Waals surface area contributed by atoms with E-state index in [9.17, 15) is 14.4 Å². The van der Waals surface area contributed by atoms with Gasteiger partial charge in [-0.2, -0.15) is 0 Å². The van der Waals surface area contributed by atoms with E-state index in [2.05, 4.69) is 4.98 Å². The van der Waals surface area contributed by atoms with Crippen LogP contribution in [0.3, 0.4) is 0 Å². The van der Waals surface area contributed by atoms with Gasteiger partial charge in [0.2, 0.25) is 0 Å². The fourth-order valence-corrected chi connectivity index (χ4v) is 2.94. The molecule has 0 spiro atoms. The van der Waals surface area contributed by atoms with Gasteiger partial charge in [0, 0.05) is 24.6 Å². The van der Waals surface area contributed by atoms with Crippen molar-refractivity contribution >= 4 is 28.7 Å². The van der Waals surface area contributed by atoms with Gasteiger partial charge in [-0.05, 0) is 42.5 Å². The summed E-state index contributed by atoms with van der Waals surface area (Å²) < 4.78 is 26.2. The smallest absolute Gasteiger partial charge is 0.360 e. The molecule has 9 heteroatoms. The molecule has 0 unspecified atom stereocenters. The third-order valence-corrected chi connectivity index (χ3v) is 4.34. The van der Waals surface area contributed by atoms with Crippen LogP contribution in [0.1, 0.15) is 30.0 Å². The lowest BCUT2D eigenvalue weighted by molar-refractivity contribution is -0.142. The number of fused-ring (bicyclic) bond motifs is 1. The van der Waals surface area contributed by atoms with E-state index in [0.717, 1.165) is 0 Å². The minimum atomic E-state index is -0.811. The van der Waals surface area contributed by atoms with Crippen LogP contribution < -0.4 is 14.2 Å². The first-order valence-electron chi connectivity index (χ1n) is 9.51. The van der Waals surface area contributed by atoms with Gasteiger partial charge in [-0.3, -0.25) is 9.59 Å². The van der Waals surface area contributed by atoms with Crippen molar-refractivity contribution in [3.05, 3.63) is 53.9 Å². The van der Waals surface area contributed by atoms with Crippen LogP contribution >= 0.6 is 0 Å². The van der Waals surface area contributed by atoms with Crippen LogP contribution in [-0.2, 0) is 25.7 Å². The Bertz CT molecular complexity index is 1170. The fraction of sp³-hybridized carbons (Fsp3) is 0.217. The molecule has 0 saturated heterocycles. The fourth-order valence-electron chi connectivity index (χ4n) is 2.94. The Kier molecular flexibility index (Phi) is 6.89. The molecule has 0 fully saturated rings. The molecule has 0 aliphatic rings. The topological polar surface area (TPSA) is 110 Å². The molecule has 0 saturated carbocycles. The Labute approximate surface area is 183 Å². The summed E-state index contributed by atoms with van der Waals surface area (Å²) >= 11 is 0. The number of pyridine rings is 1. The highest BCUT2D eigenvalue weighted by Gasteiger charge is 2.23. The second-order valence-electron chi connectivity index (χ2n) is 6.59. The predicted molar refractivity (Wildman–Crippen MR) is 113 cm³/mol. The van der Waals surface area contributed by atoms with E-state index >= 15 is 0 Å². The van der Waals surface area contributed by atoms with Gasteiger partial charge < -0.3 is 23.7 Å². The summed E-state index contributed by atoms with van der Waals surface area (Å²) in [6, 6.07) is 11.9. The van der Waals surface area contributed by atoms with E-state index in [4.69, 9.17) is 23.7 Å². The predicted octanol–water partition coefficient (Wildman–Crippen LogP) is 3.81. The van der Waals surface area contributed by atoms with Crippen molar-refractivity contribution in [2.75, 3.05) is 14.2 Å². The second-order valence-corrected chi connectivity index (χ2v) is 6.59. The van der Waals surface area contributed by atoms with Crippen LogP contribution in [0.15, 0.2) is 42.5 Å². The first kappa shape index (κ1) is 22.5. The molecule has 0 atom stereocenters. The summed E-state index contributed by atoms with van der Waals surface area (Å²) in [6.45, 7) is 2.28. The first-order valence-corrected chi connectivity index (χ1v) is 9.51. The van der Waals surface area contributed by atoms with E-state index < -0.39 is 17.9 Å². The van der Waals surface area contributed by atoms with Crippen LogP contribution in [0.4, 0.5) is 0 Å². The quantitative estimate of drug-likeness (QED) is 0.507. The molecular formula is C23H21NO8. The Hall–Kier alpha value is -4.14. The van der Waals surface area contributed by atoms with Crippen LogP contribution in [0.5, 0.6) is 23.0 Å². The molecule has 1 heterocycles. The van der Waals surface area contributed by atoms with Crippen molar-refractivity contribution in [1.29, 1.82) is 0 Å². The Balaban J connectivity index is 2.15. The summed E-state index contributed by atoms with van der Waals surface area (Å²) in [5, 5.41) is 0.876. The molecule has 0 aliphatic heterocycles. The minimum absolute atomic E-state index is 0.0777. The summed E-state index contributed by atoms with van der Waals surface area (Å²) in [7, 11) is 2.75. The van der Waals surface area contributed by atoms with Gasteiger partial charge >= 0.3 is 17.9 Å². The highest BCUT2D eigenvalue weighted by Crippen LogP contribution is 2.36. The monoisotopic (exact) mass is 439 g/mol. The highest BCUT2D eigenvalue weighted by molar-refractivity contribution is 6.02. The maximum Gasteiger partial charge on any atom is 0.360 e. The Morgan fingerprint density at radius 2 is 1.50 bits per heavy atom. The van der Waals surface area contributed by atoms with E-state index in [1.54, 1.807) is 49.6 Å². The van der Waals surface area contributed by atoms with Gasteiger partial charge in [0.1, 0.15) is 23.9 Å². The second kappa shape index (κ2) is 9.78. The zero-order chi connectivity index (χ0) is 23.3. The zero-order valence-electron chi connectivity index (χ0n) is 18.0. The molecule has 32 heavy (non-hydrogen) atoms. The lowest BCUT2D eigenvalue weighted by Crippen LogP contribution is -2.14. The van der Waals surface area contributed by atoms with E-state index in [-0.39, 0.29) is 18.1 Å². The Morgan fingerprint density at radius 1 is 0.844 bits per heavy atom. The first-order chi connectivity index (χ1) is 15.3. The van der Waals surface area contributed by atoms with Crippen LogP contribution in [0.25, 0.3) is 10.8 Å². The minimum Gasteiger partial charge on any atom is -0.497 e. The van der Waals surface area contributed by atoms with Gasteiger partial charge in [-0.1, -0.05) is 0 Å². The molecule has 0 N–H and O–H groups in total. The molecule has 3 rings (SSSR count). The lowest BCUT2D eigenvalue weighted by atomic mass is 10.1. The molecule has 166 valence electrons. The summed E-state index contributed by atoms with van der Waals surface area (Å²) in [6.07, 6.45) is 0. The number of rotatable bonds is 7. The average molecular weight is 439 g/mol. The van der Waals surface area contributed by atoms with Crippen molar-refractivity contribution in [2.45, 2.75) is 20.5 Å². The zero-order valence-corrected chi connectivity index (χ0v) is 18.0. The van der Waals surface area contributed by atoms with Gasteiger partial charge in [0.25, 0.3) is 0 Å². The molecule has 0 radical (unpaired) electrons. The molecule has 0 aliphatic carbocycles. The van der Waals surface area contributed by atoms with Crippen LogP contribution in [-0.4, -0.2) is 37.1 Å².